The molecule has 2 heterocycles. The fourth-order valence-corrected chi connectivity index (χ4v) is 1.97. The Bertz CT molecular complexity index is 596. The minimum Gasteiger partial charge on any atom is -0.462 e. The molecule has 23 heavy (non-hydrogen) atoms. The number of aliphatic hydroxyl groups is 2. The quantitative estimate of drug-likeness (QED) is 0.570. The first-order chi connectivity index (χ1) is 10.6. The Morgan fingerprint density at radius 2 is 2.04 bits per heavy atom. The van der Waals surface area contributed by atoms with Crippen molar-refractivity contribution in [2.45, 2.75) is 45.3 Å². The third kappa shape index (κ3) is 3.66. The van der Waals surface area contributed by atoms with Gasteiger partial charge in [-0.05, 0) is 20.8 Å². The summed E-state index contributed by atoms with van der Waals surface area (Å²) in [6.45, 7) is 4.86. The summed E-state index contributed by atoms with van der Waals surface area (Å²) >= 11 is 0. The molecule has 0 aromatic carbocycles. The van der Waals surface area contributed by atoms with Gasteiger partial charge in [-0.1, -0.05) is 0 Å². The number of amides is 1. The van der Waals surface area contributed by atoms with Gasteiger partial charge < -0.3 is 25.4 Å². The first kappa shape index (κ1) is 17.3. The van der Waals surface area contributed by atoms with Crippen molar-refractivity contribution in [1.82, 2.24) is 14.8 Å². The van der Waals surface area contributed by atoms with Gasteiger partial charge in [0.2, 0.25) is 5.82 Å². The van der Waals surface area contributed by atoms with Crippen molar-refractivity contribution >= 4 is 11.9 Å². The summed E-state index contributed by atoms with van der Waals surface area (Å²) in [5.74, 6) is -1.52. The summed E-state index contributed by atoms with van der Waals surface area (Å²) in [7, 11) is 0. The highest BCUT2D eigenvalue weighted by molar-refractivity contribution is 5.88. The summed E-state index contributed by atoms with van der Waals surface area (Å²) in [6.07, 6.45) is -3.44. The summed E-state index contributed by atoms with van der Waals surface area (Å²) in [6, 6.07) is 0. The smallest absolute Gasteiger partial charge is 0.311 e. The van der Waals surface area contributed by atoms with Gasteiger partial charge in [0.1, 0.15) is 31.2 Å². The van der Waals surface area contributed by atoms with Crippen LogP contribution >= 0.6 is 0 Å². The summed E-state index contributed by atoms with van der Waals surface area (Å²) in [4.78, 5) is 26.4. The molecule has 10 heteroatoms. The van der Waals surface area contributed by atoms with E-state index in [1.807, 2.05) is 0 Å². The van der Waals surface area contributed by atoms with Crippen molar-refractivity contribution in [3.8, 4) is 0 Å². The van der Waals surface area contributed by atoms with E-state index in [0.717, 1.165) is 11.0 Å². The third-order valence-electron chi connectivity index (χ3n) is 3.32. The maximum atomic E-state index is 11.7. The minimum atomic E-state index is -1.32. The fraction of sp³-hybridized carbons (Fsp3) is 0.692. The van der Waals surface area contributed by atoms with Crippen LogP contribution in [0.25, 0.3) is 0 Å². The standard InChI is InChI=1S/C13H20N4O6/c1-13(2,3)12(21)22-4-6-7(18)8(19)11(23-6)17-5-15-10(16-17)9(14)20/h5-8,11,18-19H,4H2,1-3H3,(H2,14,20)/t6-,7+,8+,11-/m1/s1. The van der Waals surface area contributed by atoms with E-state index in [2.05, 4.69) is 10.1 Å². The molecule has 0 spiro atoms. The molecule has 0 saturated carbocycles. The normalized spacial score (nSPS) is 27.9. The van der Waals surface area contributed by atoms with Crippen LogP contribution in [0.3, 0.4) is 0 Å². The number of hydrogen-bond donors (Lipinski definition) is 3. The zero-order chi connectivity index (χ0) is 17.4. The highest BCUT2D eigenvalue weighted by atomic mass is 16.6. The van der Waals surface area contributed by atoms with Crippen LogP contribution in [0.5, 0.6) is 0 Å². The summed E-state index contributed by atoms with van der Waals surface area (Å²) in [5.41, 5.74) is 4.36. The Morgan fingerprint density at radius 3 is 2.57 bits per heavy atom. The number of aromatic nitrogens is 3. The molecule has 0 bridgehead atoms. The number of primary amides is 1. The fourth-order valence-electron chi connectivity index (χ4n) is 1.97. The molecule has 1 aromatic heterocycles. The average Bonchev–Trinajstić information content (AvgIpc) is 3.03. The van der Waals surface area contributed by atoms with Gasteiger partial charge in [0, 0.05) is 0 Å². The molecule has 1 aromatic rings. The molecule has 1 saturated heterocycles. The topological polar surface area (TPSA) is 150 Å². The Kier molecular flexibility index (Phi) is 4.68. The van der Waals surface area contributed by atoms with Crippen molar-refractivity contribution < 1.29 is 29.3 Å². The Hall–Kier alpha value is -2.04. The highest BCUT2D eigenvalue weighted by Crippen LogP contribution is 2.29. The van der Waals surface area contributed by atoms with Crippen LogP contribution in [0, 0.1) is 5.41 Å². The van der Waals surface area contributed by atoms with Gasteiger partial charge in [0.25, 0.3) is 5.91 Å². The third-order valence-corrected chi connectivity index (χ3v) is 3.32. The van der Waals surface area contributed by atoms with Crippen molar-refractivity contribution in [2.24, 2.45) is 11.1 Å². The predicted molar refractivity (Wildman–Crippen MR) is 74.9 cm³/mol. The number of aliphatic hydroxyl groups excluding tert-OH is 2. The molecule has 0 radical (unpaired) electrons. The molecule has 1 aliphatic rings. The first-order valence-electron chi connectivity index (χ1n) is 7.01. The van der Waals surface area contributed by atoms with Crippen molar-refractivity contribution in [3.05, 3.63) is 12.2 Å². The zero-order valence-electron chi connectivity index (χ0n) is 13.0. The second kappa shape index (κ2) is 6.22. The van der Waals surface area contributed by atoms with Crippen LogP contribution in [0.1, 0.15) is 37.6 Å². The van der Waals surface area contributed by atoms with E-state index < -0.39 is 41.8 Å². The van der Waals surface area contributed by atoms with Gasteiger partial charge >= 0.3 is 5.97 Å². The number of ether oxygens (including phenoxy) is 2. The molecular formula is C13H20N4O6. The Balaban J connectivity index is 2.03. The SMILES string of the molecule is CC(C)(C)C(=O)OC[C@H]1O[C@@H](n2cnc(C(N)=O)n2)[C@@H](O)[C@H]1O. The lowest BCUT2D eigenvalue weighted by atomic mass is 9.97. The number of carbonyl (C=O) groups excluding carboxylic acids is 2. The lowest BCUT2D eigenvalue weighted by Crippen LogP contribution is -2.35. The minimum absolute atomic E-state index is 0.220. The maximum Gasteiger partial charge on any atom is 0.311 e. The van der Waals surface area contributed by atoms with Crippen LogP contribution in [0.2, 0.25) is 0 Å². The number of rotatable bonds is 4. The number of hydrogen-bond acceptors (Lipinski definition) is 8. The predicted octanol–water partition coefficient (Wildman–Crippen LogP) is -1.41. The van der Waals surface area contributed by atoms with E-state index in [4.69, 9.17) is 15.2 Å². The van der Waals surface area contributed by atoms with Crippen molar-refractivity contribution in [3.63, 3.8) is 0 Å². The molecule has 1 fully saturated rings. The number of nitrogens with two attached hydrogens (primary N) is 1. The van der Waals surface area contributed by atoms with Gasteiger partial charge in [0.15, 0.2) is 6.23 Å². The zero-order valence-corrected chi connectivity index (χ0v) is 13.0. The number of nitrogens with zero attached hydrogens (tertiary/aromatic N) is 3. The monoisotopic (exact) mass is 328 g/mol. The largest absolute Gasteiger partial charge is 0.462 e. The van der Waals surface area contributed by atoms with E-state index in [9.17, 15) is 19.8 Å². The molecule has 0 aliphatic carbocycles. The van der Waals surface area contributed by atoms with Gasteiger partial charge in [-0.3, -0.25) is 9.59 Å². The van der Waals surface area contributed by atoms with E-state index in [1.165, 1.54) is 0 Å². The molecule has 1 amide bonds. The van der Waals surface area contributed by atoms with E-state index >= 15 is 0 Å². The Morgan fingerprint density at radius 1 is 1.39 bits per heavy atom. The van der Waals surface area contributed by atoms with Crippen molar-refractivity contribution in [1.29, 1.82) is 0 Å². The molecule has 4 N–H and O–H groups in total. The number of esters is 1. The van der Waals surface area contributed by atoms with Gasteiger partial charge in [-0.15, -0.1) is 5.10 Å². The van der Waals surface area contributed by atoms with Crippen LogP contribution in [-0.4, -0.2) is 61.8 Å². The molecule has 0 unspecified atom stereocenters. The molecule has 2 rings (SSSR count). The van der Waals surface area contributed by atoms with E-state index in [1.54, 1.807) is 20.8 Å². The van der Waals surface area contributed by atoms with Crippen LogP contribution in [-0.2, 0) is 14.3 Å². The molecule has 128 valence electrons. The Labute approximate surface area is 132 Å². The molecule has 10 nitrogen and oxygen atoms in total. The van der Waals surface area contributed by atoms with Crippen LogP contribution in [0.15, 0.2) is 6.33 Å². The highest BCUT2D eigenvalue weighted by Gasteiger charge is 2.45. The summed E-state index contributed by atoms with van der Waals surface area (Å²) in [5, 5.41) is 23.8. The molecule has 1 aliphatic heterocycles. The lowest BCUT2D eigenvalue weighted by molar-refractivity contribution is -0.159. The summed E-state index contributed by atoms with van der Waals surface area (Å²) < 4.78 is 11.6. The van der Waals surface area contributed by atoms with Gasteiger partial charge in [-0.25, -0.2) is 9.67 Å². The van der Waals surface area contributed by atoms with Crippen LogP contribution in [0.4, 0.5) is 0 Å². The molecular weight excluding hydrogens is 308 g/mol. The average molecular weight is 328 g/mol. The van der Waals surface area contributed by atoms with E-state index in [-0.39, 0.29) is 12.4 Å². The van der Waals surface area contributed by atoms with E-state index in [0.29, 0.717) is 0 Å². The first-order valence-corrected chi connectivity index (χ1v) is 7.01. The van der Waals surface area contributed by atoms with Gasteiger partial charge in [-0.2, -0.15) is 0 Å². The lowest BCUT2D eigenvalue weighted by Gasteiger charge is -2.20. The molecule has 4 atom stereocenters. The van der Waals surface area contributed by atoms with Crippen LogP contribution < -0.4 is 5.73 Å². The second-order valence-electron chi connectivity index (χ2n) is 6.31. The van der Waals surface area contributed by atoms with Crippen molar-refractivity contribution in [2.75, 3.05) is 6.61 Å². The maximum absolute atomic E-state index is 11.7. The number of carbonyl (C=O) groups is 2. The van der Waals surface area contributed by atoms with Gasteiger partial charge in [0.05, 0.1) is 5.41 Å². The second-order valence-corrected chi connectivity index (χ2v) is 6.31.